The molecule has 7 nitrogen and oxygen atoms in total. The van der Waals surface area contributed by atoms with Crippen molar-refractivity contribution in [1.82, 2.24) is 0 Å². The van der Waals surface area contributed by atoms with E-state index in [2.05, 4.69) is 0 Å². The molecule has 0 spiro atoms. The van der Waals surface area contributed by atoms with Crippen LogP contribution in [-0.2, 0) is 21.2 Å². The van der Waals surface area contributed by atoms with Gasteiger partial charge in [-0.15, -0.1) is 23.1 Å². The lowest BCUT2D eigenvalue weighted by molar-refractivity contribution is -0.192. The molecule has 3 aromatic rings. The average Bonchev–Trinajstić information content (AvgIpc) is 3.25. The zero-order valence-electron chi connectivity index (χ0n) is 17.5. The number of nitrogens with one attached hydrogen (secondary N) is 1. The number of carbonyl (C=O) groups is 1. The number of alkyl halides is 3. The van der Waals surface area contributed by atoms with Gasteiger partial charge in [-0.3, -0.25) is 5.41 Å². The standard InChI is InChI=1S/C19H18N2O3S3.C2HF3O2/c1-25-19-17(10-16(26-19)18(20)21)27(23,24)15-7-3-6-14(9-15)13-5-2-4-12(8-13)11-22;3-2(4,5)1(6)7/h2-10,22H,11H2,1H3,(H3,20,21);(H,6,7). The molecular weight excluding hydrogens is 513 g/mol. The number of carboxylic acids is 1. The number of nitrogen functional groups attached to an aromatic ring is 1. The third kappa shape index (κ3) is 6.59. The molecule has 0 saturated carbocycles. The lowest BCUT2D eigenvalue weighted by Gasteiger charge is -2.08. The van der Waals surface area contributed by atoms with E-state index in [1.807, 2.05) is 30.3 Å². The predicted octanol–water partition coefficient (Wildman–Crippen LogP) is 4.38. The summed E-state index contributed by atoms with van der Waals surface area (Å²) in [5, 5.41) is 24.0. The molecule has 0 aliphatic heterocycles. The van der Waals surface area contributed by atoms with Crippen LogP contribution in [0.5, 0.6) is 0 Å². The highest BCUT2D eigenvalue weighted by molar-refractivity contribution is 8.01. The number of rotatable bonds is 6. The number of amidine groups is 1. The van der Waals surface area contributed by atoms with Crippen molar-refractivity contribution in [3.05, 3.63) is 65.0 Å². The van der Waals surface area contributed by atoms with Gasteiger partial charge in [0.1, 0.15) is 5.84 Å². The molecule has 0 radical (unpaired) electrons. The van der Waals surface area contributed by atoms with Gasteiger partial charge in [-0.25, -0.2) is 13.2 Å². The van der Waals surface area contributed by atoms with Crippen molar-refractivity contribution in [2.45, 2.75) is 26.8 Å². The molecule has 182 valence electrons. The number of aliphatic carboxylic acids is 1. The Kier molecular flexibility index (Phi) is 8.89. The van der Waals surface area contributed by atoms with Gasteiger partial charge in [-0.1, -0.05) is 30.3 Å². The minimum atomic E-state index is -5.08. The van der Waals surface area contributed by atoms with Gasteiger partial charge in [-0.2, -0.15) is 13.2 Å². The van der Waals surface area contributed by atoms with Gasteiger partial charge in [0.05, 0.1) is 25.5 Å². The number of carboxylic acid groups (broad SMARTS) is 1. The minimum absolute atomic E-state index is 0.0777. The molecule has 0 unspecified atom stereocenters. The maximum Gasteiger partial charge on any atom is 0.490 e. The number of aliphatic hydroxyl groups excluding tert-OH is 1. The summed E-state index contributed by atoms with van der Waals surface area (Å²) in [6.45, 7) is -0.0777. The molecule has 0 bridgehead atoms. The monoisotopic (exact) mass is 532 g/mol. The number of aliphatic hydroxyl groups is 1. The second-order valence-corrected chi connectivity index (χ2v) is 10.6. The molecule has 3 rings (SSSR count). The highest BCUT2D eigenvalue weighted by Crippen LogP contribution is 2.37. The number of hydrogen-bond donors (Lipinski definition) is 4. The summed E-state index contributed by atoms with van der Waals surface area (Å²) in [7, 11) is -3.75. The molecule has 34 heavy (non-hydrogen) atoms. The first kappa shape index (κ1) is 27.4. The molecule has 0 amide bonds. The van der Waals surface area contributed by atoms with Gasteiger partial charge in [0.25, 0.3) is 0 Å². The first-order valence-electron chi connectivity index (χ1n) is 9.19. The highest BCUT2D eigenvalue weighted by atomic mass is 32.2. The number of hydrogen-bond acceptors (Lipinski definition) is 7. The first-order chi connectivity index (χ1) is 15.8. The summed E-state index contributed by atoms with van der Waals surface area (Å²) in [4.78, 5) is 9.68. The fourth-order valence-corrected chi connectivity index (χ4v) is 6.54. The van der Waals surface area contributed by atoms with E-state index in [-0.39, 0.29) is 22.2 Å². The Balaban J connectivity index is 0.000000509. The molecule has 0 fully saturated rings. The molecule has 1 heterocycles. The molecule has 2 aromatic carbocycles. The number of thiophene rings is 1. The van der Waals surface area contributed by atoms with Crippen LogP contribution in [0.3, 0.4) is 0 Å². The van der Waals surface area contributed by atoms with Crippen LogP contribution in [0.25, 0.3) is 11.1 Å². The van der Waals surface area contributed by atoms with E-state index >= 15 is 0 Å². The van der Waals surface area contributed by atoms with Gasteiger partial charge in [0.2, 0.25) is 9.84 Å². The molecule has 0 atom stereocenters. The molecule has 0 aliphatic rings. The largest absolute Gasteiger partial charge is 0.490 e. The lowest BCUT2D eigenvalue weighted by Crippen LogP contribution is -2.21. The molecule has 0 aliphatic carbocycles. The van der Waals surface area contributed by atoms with Crippen LogP contribution in [0, 0.1) is 5.41 Å². The Morgan fingerprint density at radius 2 is 1.68 bits per heavy atom. The Bertz CT molecular complexity index is 1300. The SMILES string of the molecule is CSc1sc(C(=N)N)cc1S(=O)(=O)c1cccc(-c2cccc(CO)c2)c1.O=C(O)C(F)(F)F. The molecule has 1 aromatic heterocycles. The van der Waals surface area contributed by atoms with Crippen molar-refractivity contribution < 1.29 is 36.6 Å². The van der Waals surface area contributed by atoms with Crippen molar-refractivity contribution in [3.63, 3.8) is 0 Å². The number of thioether (sulfide) groups is 1. The van der Waals surface area contributed by atoms with Crippen molar-refractivity contribution >= 4 is 44.7 Å². The van der Waals surface area contributed by atoms with Crippen LogP contribution in [0.15, 0.2) is 68.6 Å². The third-order valence-electron chi connectivity index (χ3n) is 4.24. The number of benzene rings is 2. The maximum atomic E-state index is 13.2. The van der Waals surface area contributed by atoms with E-state index < -0.39 is 22.0 Å². The van der Waals surface area contributed by atoms with Crippen LogP contribution in [0.4, 0.5) is 13.2 Å². The van der Waals surface area contributed by atoms with Crippen molar-refractivity contribution in [2.24, 2.45) is 5.73 Å². The van der Waals surface area contributed by atoms with E-state index in [0.29, 0.717) is 9.09 Å². The maximum absolute atomic E-state index is 13.2. The Morgan fingerprint density at radius 1 is 1.12 bits per heavy atom. The zero-order chi connectivity index (χ0) is 25.7. The smallest absolute Gasteiger partial charge is 0.475 e. The van der Waals surface area contributed by atoms with E-state index in [1.54, 1.807) is 24.5 Å². The third-order valence-corrected chi connectivity index (χ3v) is 8.57. The van der Waals surface area contributed by atoms with Crippen molar-refractivity contribution in [2.75, 3.05) is 6.26 Å². The quantitative estimate of drug-likeness (QED) is 0.210. The van der Waals surface area contributed by atoms with Crippen LogP contribution in [0.1, 0.15) is 10.4 Å². The van der Waals surface area contributed by atoms with E-state index in [9.17, 15) is 26.7 Å². The Morgan fingerprint density at radius 3 is 2.18 bits per heavy atom. The summed E-state index contributed by atoms with van der Waals surface area (Å²) in [6.07, 6.45) is -3.29. The number of halogens is 3. The fraction of sp³-hybridized carbons (Fsp3) is 0.143. The Hall–Kier alpha value is -2.87. The zero-order valence-corrected chi connectivity index (χ0v) is 19.9. The molecular formula is C21H19F3N2O5S3. The summed E-state index contributed by atoms with van der Waals surface area (Å²) in [6, 6.07) is 15.5. The summed E-state index contributed by atoms with van der Waals surface area (Å²) < 4.78 is 58.7. The summed E-state index contributed by atoms with van der Waals surface area (Å²) >= 11 is 2.52. The van der Waals surface area contributed by atoms with Gasteiger partial charge in [-0.05, 0) is 47.2 Å². The molecule has 13 heteroatoms. The van der Waals surface area contributed by atoms with Gasteiger partial charge in [0.15, 0.2) is 0 Å². The lowest BCUT2D eigenvalue weighted by atomic mass is 10.0. The van der Waals surface area contributed by atoms with Crippen LogP contribution < -0.4 is 5.73 Å². The van der Waals surface area contributed by atoms with Crippen molar-refractivity contribution in [1.29, 1.82) is 5.41 Å². The number of sulfone groups is 1. The van der Waals surface area contributed by atoms with E-state index in [1.165, 1.54) is 29.2 Å². The second-order valence-electron chi connectivity index (χ2n) is 6.57. The van der Waals surface area contributed by atoms with Gasteiger partial charge >= 0.3 is 12.1 Å². The fourth-order valence-electron chi connectivity index (χ4n) is 2.64. The molecule has 5 N–H and O–H groups in total. The Labute approximate surface area is 201 Å². The second kappa shape index (κ2) is 11.0. The average molecular weight is 533 g/mol. The minimum Gasteiger partial charge on any atom is -0.475 e. The molecule has 0 saturated heterocycles. The summed E-state index contributed by atoms with van der Waals surface area (Å²) in [5.41, 5.74) is 7.87. The predicted molar refractivity (Wildman–Crippen MR) is 124 cm³/mol. The van der Waals surface area contributed by atoms with Crippen LogP contribution >= 0.6 is 23.1 Å². The van der Waals surface area contributed by atoms with E-state index in [0.717, 1.165) is 16.7 Å². The van der Waals surface area contributed by atoms with Gasteiger partial charge < -0.3 is 15.9 Å². The van der Waals surface area contributed by atoms with E-state index in [4.69, 9.17) is 21.0 Å². The van der Waals surface area contributed by atoms with Crippen LogP contribution in [-0.4, -0.2) is 42.9 Å². The highest BCUT2D eigenvalue weighted by Gasteiger charge is 2.38. The first-order valence-corrected chi connectivity index (χ1v) is 12.7. The normalized spacial score (nSPS) is 11.4. The summed E-state index contributed by atoms with van der Waals surface area (Å²) in [5.74, 6) is -2.90. The number of nitrogens with two attached hydrogens (primary N) is 1. The van der Waals surface area contributed by atoms with Crippen molar-refractivity contribution in [3.8, 4) is 11.1 Å². The van der Waals surface area contributed by atoms with Crippen LogP contribution in [0.2, 0.25) is 0 Å². The van der Waals surface area contributed by atoms with Gasteiger partial charge in [0, 0.05) is 0 Å². The topological polar surface area (TPSA) is 142 Å².